The van der Waals surface area contributed by atoms with Crippen molar-refractivity contribution >= 4 is 26.0 Å². The second kappa shape index (κ2) is 7.09. The summed E-state index contributed by atoms with van der Waals surface area (Å²) in [5, 5.41) is 12.7. The SMILES string of the molecule is COc1cc(CNCCNS(C)(=O)=O)cc(Br)c1O. The van der Waals surface area contributed by atoms with E-state index in [1.165, 1.54) is 7.11 Å². The molecular formula is C11H17BrN2O4S. The molecule has 0 saturated carbocycles. The Labute approximate surface area is 121 Å². The van der Waals surface area contributed by atoms with Crippen LogP contribution < -0.4 is 14.8 Å². The second-order valence-corrected chi connectivity index (χ2v) is 6.66. The standard InChI is InChI=1S/C11H17BrN2O4S/c1-18-10-6-8(5-9(12)11(10)15)7-13-3-4-14-19(2,16)17/h5-6,13-15H,3-4,7H2,1-2H3. The van der Waals surface area contributed by atoms with Crippen LogP contribution in [0.2, 0.25) is 0 Å². The Balaban J connectivity index is 2.48. The summed E-state index contributed by atoms with van der Waals surface area (Å²) < 4.78 is 29.7. The van der Waals surface area contributed by atoms with Gasteiger partial charge in [-0.2, -0.15) is 0 Å². The van der Waals surface area contributed by atoms with Gasteiger partial charge in [-0.25, -0.2) is 13.1 Å². The number of phenols is 1. The van der Waals surface area contributed by atoms with Crippen molar-refractivity contribution in [3.63, 3.8) is 0 Å². The predicted molar refractivity (Wildman–Crippen MR) is 76.9 cm³/mol. The minimum atomic E-state index is -3.14. The topological polar surface area (TPSA) is 87.7 Å². The lowest BCUT2D eigenvalue weighted by Gasteiger charge is -2.10. The Bertz CT molecular complexity index is 534. The van der Waals surface area contributed by atoms with Gasteiger partial charge in [-0.15, -0.1) is 0 Å². The summed E-state index contributed by atoms with van der Waals surface area (Å²) >= 11 is 3.24. The summed E-state index contributed by atoms with van der Waals surface area (Å²) in [5.74, 6) is 0.449. The van der Waals surface area contributed by atoms with E-state index in [-0.39, 0.29) is 5.75 Å². The van der Waals surface area contributed by atoms with E-state index in [9.17, 15) is 13.5 Å². The van der Waals surface area contributed by atoms with Crippen molar-refractivity contribution < 1.29 is 18.3 Å². The number of aromatic hydroxyl groups is 1. The number of sulfonamides is 1. The lowest BCUT2D eigenvalue weighted by molar-refractivity contribution is 0.371. The van der Waals surface area contributed by atoms with Gasteiger partial charge in [0.15, 0.2) is 11.5 Å². The Morgan fingerprint density at radius 3 is 2.63 bits per heavy atom. The molecule has 108 valence electrons. The van der Waals surface area contributed by atoms with E-state index in [2.05, 4.69) is 26.0 Å². The maximum atomic E-state index is 10.8. The number of hydrogen-bond donors (Lipinski definition) is 3. The third-order valence-electron chi connectivity index (χ3n) is 2.30. The fraction of sp³-hybridized carbons (Fsp3) is 0.455. The molecule has 3 N–H and O–H groups in total. The largest absolute Gasteiger partial charge is 0.503 e. The normalized spacial score (nSPS) is 11.5. The molecule has 0 aliphatic carbocycles. The van der Waals surface area contributed by atoms with Gasteiger partial charge in [0.1, 0.15) is 0 Å². The van der Waals surface area contributed by atoms with Crippen LogP contribution in [0, 0.1) is 0 Å². The Morgan fingerprint density at radius 2 is 2.05 bits per heavy atom. The first-order valence-electron chi connectivity index (χ1n) is 5.54. The minimum Gasteiger partial charge on any atom is -0.503 e. The number of rotatable bonds is 7. The van der Waals surface area contributed by atoms with Crippen molar-refractivity contribution in [2.45, 2.75) is 6.54 Å². The van der Waals surface area contributed by atoms with Crippen LogP contribution in [0.1, 0.15) is 5.56 Å². The molecule has 0 bridgehead atoms. The highest BCUT2D eigenvalue weighted by Crippen LogP contribution is 2.35. The van der Waals surface area contributed by atoms with Crippen LogP contribution in [0.25, 0.3) is 0 Å². The van der Waals surface area contributed by atoms with E-state index in [1.54, 1.807) is 12.1 Å². The van der Waals surface area contributed by atoms with Gasteiger partial charge in [-0.05, 0) is 33.6 Å². The smallest absolute Gasteiger partial charge is 0.208 e. The molecule has 1 aromatic rings. The zero-order valence-corrected chi connectivity index (χ0v) is 13.1. The highest BCUT2D eigenvalue weighted by Gasteiger charge is 2.08. The van der Waals surface area contributed by atoms with Crippen LogP contribution in [0.4, 0.5) is 0 Å². The summed E-state index contributed by atoms with van der Waals surface area (Å²) in [4.78, 5) is 0. The van der Waals surface area contributed by atoms with Crippen LogP contribution in [0.3, 0.4) is 0 Å². The quantitative estimate of drug-likeness (QED) is 0.632. The zero-order chi connectivity index (χ0) is 14.5. The van der Waals surface area contributed by atoms with Gasteiger partial charge in [0.2, 0.25) is 10.0 Å². The Morgan fingerprint density at radius 1 is 1.37 bits per heavy atom. The summed E-state index contributed by atoms with van der Waals surface area (Å²) in [6.45, 7) is 1.38. The molecule has 1 rings (SSSR count). The molecule has 0 heterocycles. The van der Waals surface area contributed by atoms with Gasteiger partial charge in [0.25, 0.3) is 0 Å². The second-order valence-electron chi connectivity index (χ2n) is 3.97. The van der Waals surface area contributed by atoms with Gasteiger partial charge < -0.3 is 15.2 Å². The van der Waals surface area contributed by atoms with Crippen molar-refractivity contribution in [1.29, 1.82) is 0 Å². The maximum Gasteiger partial charge on any atom is 0.208 e. The number of phenolic OH excluding ortho intramolecular Hbond substituents is 1. The number of halogens is 1. The summed E-state index contributed by atoms with van der Waals surface area (Å²) in [6.07, 6.45) is 1.12. The van der Waals surface area contributed by atoms with Crippen molar-refractivity contribution in [2.75, 3.05) is 26.5 Å². The third kappa shape index (κ3) is 5.77. The maximum absolute atomic E-state index is 10.8. The van der Waals surface area contributed by atoms with E-state index in [1.807, 2.05) is 0 Å². The van der Waals surface area contributed by atoms with E-state index < -0.39 is 10.0 Å². The minimum absolute atomic E-state index is 0.0602. The monoisotopic (exact) mass is 352 g/mol. The molecule has 0 atom stereocenters. The number of methoxy groups -OCH3 is 1. The van der Waals surface area contributed by atoms with E-state index >= 15 is 0 Å². The van der Waals surface area contributed by atoms with Crippen molar-refractivity contribution in [3.05, 3.63) is 22.2 Å². The van der Waals surface area contributed by atoms with Crippen LogP contribution >= 0.6 is 15.9 Å². The lowest BCUT2D eigenvalue weighted by Crippen LogP contribution is -2.30. The van der Waals surface area contributed by atoms with Crippen molar-refractivity contribution in [3.8, 4) is 11.5 Å². The Hall–Kier alpha value is -0.830. The van der Waals surface area contributed by atoms with E-state index in [0.29, 0.717) is 29.9 Å². The molecule has 0 aromatic heterocycles. The van der Waals surface area contributed by atoms with Gasteiger partial charge in [-0.3, -0.25) is 0 Å². The zero-order valence-electron chi connectivity index (χ0n) is 10.7. The number of nitrogens with one attached hydrogen (secondary N) is 2. The number of hydrogen-bond acceptors (Lipinski definition) is 5. The average Bonchev–Trinajstić information content (AvgIpc) is 2.31. The molecule has 0 radical (unpaired) electrons. The summed E-state index contributed by atoms with van der Waals surface area (Å²) in [6, 6.07) is 3.49. The molecule has 19 heavy (non-hydrogen) atoms. The van der Waals surface area contributed by atoms with Gasteiger partial charge in [0.05, 0.1) is 17.8 Å². The molecule has 0 unspecified atom stereocenters. The predicted octanol–water partition coefficient (Wildman–Crippen LogP) is 0.802. The van der Waals surface area contributed by atoms with Gasteiger partial charge >= 0.3 is 0 Å². The molecule has 6 nitrogen and oxygen atoms in total. The molecule has 0 spiro atoms. The van der Waals surface area contributed by atoms with Crippen LogP contribution in [0.15, 0.2) is 16.6 Å². The molecular weight excluding hydrogens is 336 g/mol. The van der Waals surface area contributed by atoms with Crippen LogP contribution in [-0.4, -0.2) is 40.0 Å². The first-order chi connectivity index (χ1) is 8.83. The molecule has 1 aromatic carbocycles. The molecule has 8 heteroatoms. The highest BCUT2D eigenvalue weighted by molar-refractivity contribution is 9.10. The number of ether oxygens (including phenoxy) is 1. The molecule has 0 aliphatic rings. The summed E-state index contributed by atoms with van der Waals surface area (Å²) in [5.41, 5.74) is 0.917. The fourth-order valence-electron chi connectivity index (χ4n) is 1.44. The molecule has 0 fully saturated rings. The third-order valence-corrected chi connectivity index (χ3v) is 3.64. The van der Waals surface area contributed by atoms with Gasteiger partial charge in [0, 0.05) is 19.6 Å². The average molecular weight is 353 g/mol. The van der Waals surface area contributed by atoms with E-state index in [4.69, 9.17) is 4.74 Å². The first kappa shape index (κ1) is 16.2. The van der Waals surface area contributed by atoms with Crippen LogP contribution in [0.5, 0.6) is 11.5 Å². The van der Waals surface area contributed by atoms with Crippen LogP contribution in [-0.2, 0) is 16.6 Å². The summed E-state index contributed by atoms with van der Waals surface area (Å²) in [7, 11) is -1.66. The van der Waals surface area contributed by atoms with Crippen molar-refractivity contribution in [1.82, 2.24) is 10.0 Å². The molecule has 0 amide bonds. The van der Waals surface area contributed by atoms with Gasteiger partial charge in [-0.1, -0.05) is 0 Å². The van der Waals surface area contributed by atoms with Crippen molar-refractivity contribution in [2.24, 2.45) is 0 Å². The highest BCUT2D eigenvalue weighted by atomic mass is 79.9. The van der Waals surface area contributed by atoms with E-state index in [0.717, 1.165) is 11.8 Å². The fourth-order valence-corrected chi connectivity index (χ4v) is 2.40. The first-order valence-corrected chi connectivity index (χ1v) is 8.22. The number of benzene rings is 1. The molecule has 0 aliphatic heterocycles. The molecule has 0 saturated heterocycles. The Kier molecular flexibility index (Phi) is 6.05. The lowest BCUT2D eigenvalue weighted by atomic mass is 10.2.